The molecule has 0 atom stereocenters. The molecule has 0 fully saturated rings. The van der Waals surface area contributed by atoms with E-state index in [0.29, 0.717) is 17.7 Å². The largest absolute Gasteiger partial charge is 0.347 e. The summed E-state index contributed by atoms with van der Waals surface area (Å²) in [6.07, 6.45) is 2.01. The Hall–Kier alpha value is -3.52. The van der Waals surface area contributed by atoms with E-state index in [1.807, 2.05) is 58.0 Å². The number of allylic oxidation sites excluding steroid dienone is 1. The van der Waals surface area contributed by atoms with Crippen molar-refractivity contribution in [2.24, 2.45) is 0 Å². The molecule has 0 bridgehead atoms. The fourth-order valence-electron chi connectivity index (χ4n) is 4.67. The number of aromatic nitrogens is 7. The normalized spacial score (nSPS) is 15.9. The molecule has 0 unspecified atom stereocenters. The van der Waals surface area contributed by atoms with Crippen LogP contribution in [-0.2, 0) is 5.41 Å². The van der Waals surface area contributed by atoms with Crippen LogP contribution in [0, 0.1) is 27.7 Å². The predicted octanol–water partition coefficient (Wildman–Crippen LogP) is 4.90. The molecule has 5 rings (SSSR count). The number of hydrogen-bond donors (Lipinski definition) is 0. The average Bonchev–Trinajstić information content (AvgIpc) is 3.35. The van der Waals surface area contributed by atoms with Gasteiger partial charge in [0.1, 0.15) is 0 Å². The fourth-order valence-corrected chi connectivity index (χ4v) is 4.85. The van der Waals surface area contributed by atoms with Gasteiger partial charge in [0.15, 0.2) is 5.82 Å². The van der Waals surface area contributed by atoms with Gasteiger partial charge in [0.2, 0.25) is 0 Å². The number of fused-ring (bicyclic) bond motifs is 1. The number of benzene rings is 1. The van der Waals surface area contributed by atoms with E-state index in [-0.39, 0.29) is 5.41 Å². The van der Waals surface area contributed by atoms with Crippen LogP contribution in [0.2, 0.25) is 5.02 Å². The van der Waals surface area contributed by atoms with E-state index >= 15 is 0 Å². The molecule has 0 N–H and O–H groups in total. The Morgan fingerprint density at radius 1 is 0.824 bits per heavy atom. The highest BCUT2D eigenvalue weighted by Gasteiger charge is 2.39. The lowest BCUT2D eigenvalue weighted by Crippen LogP contribution is -2.23. The number of likely N-dealkylation sites (N-methyl/N-ethyl adjacent to an activating group) is 1. The molecule has 4 aromatic rings. The van der Waals surface area contributed by atoms with Crippen LogP contribution in [0.1, 0.15) is 48.0 Å². The van der Waals surface area contributed by atoms with E-state index in [4.69, 9.17) is 26.6 Å². The number of nitrogens with zero attached hydrogens (tertiary/aromatic N) is 8. The minimum Gasteiger partial charge on any atom is -0.347 e. The monoisotopic (exact) mass is 474 g/mol. The molecule has 3 aromatic heterocycles. The molecule has 0 saturated carbocycles. The van der Waals surface area contributed by atoms with Crippen LogP contribution in [-0.4, -0.2) is 41.6 Å². The minimum atomic E-state index is -0.279. The highest BCUT2D eigenvalue weighted by molar-refractivity contribution is 6.30. The van der Waals surface area contributed by atoms with Crippen molar-refractivity contribution in [1.82, 2.24) is 34.5 Å². The van der Waals surface area contributed by atoms with Crippen LogP contribution in [0.4, 0.5) is 5.69 Å². The van der Waals surface area contributed by atoms with Gasteiger partial charge in [0.05, 0.1) is 11.4 Å². The van der Waals surface area contributed by atoms with Gasteiger partial charge in [-0.25, -0.2) is 9.36 Å². The molecule has 174 valence electrons. The van der Waals surface area contributed by atoms with Crippen LogP contribution in [0.15, 0.2) is 36.0 Å². The summed E-state index contributed by atoms with van der Waals surface area (Å²) in [7, 11) is 2.05. The maximum Gasteiger partial charge on any atom is 0.256 e. The third kappa shape index (κ3) is 3.58. The molecule has 0 saturated heterocycles. The molecule has 9 heteroatoms. The van der Waals surface area contributed by atoms with Crippen LogP contribution >= 0.6 is 11.6 Å². The van der Waals surface area contributed by atoms with E-state index in [1.165, 1.54) is 5.56 Å². The lowest BCUT2D eigenvalue weighted by atomic mass is 9.84. The minimum absolute atomic E-state index is 0.279. The molecule has 34 heavy (non-hydrogen) atoms. The van der Waals surface area contributed by atoms with Crippen molar-refractivity contribution in [3.05, 3.63) is 75.2 Å². The van der Waals surface area contributed by atoms with Crippen molar-refractivity contribution in [3.8, 4) is 11.9 Å². The van der Waals surface area contributed by atoms with Crippen molar-refractivity contribution in [2.45, 2.75) is 47.0 Å². The van der Waals surface area contributed by atoms with Crippen molar-refractivity contribution in [2.75, 3.05) is 11.9 Å². The van der Waals surface area contributed by atoms with Crippen molar-refractivity contribution in [1.29, 1.82) is 0 Å². The Balaban J connectivity index is 1.71. The Morgan fingerprint density at radius 2 is 1.38 bits per heavy atom. The summed E-state index contributed by atoms with van der Waals surface area (Å²) < 4.78 is 3.48. The Kier molecular flexibility index (Phi) is 5.09. The van der Waals surface area contributed by atoms with Gasteiger partial charge in [-0.15, -0.1) is 0 Å². The van der Waals surface area contributed by atoms with E-state index < -0.39 is 0 Å². The third-order valence-electron chi connectivity index (χ3n) is 6.29. The first-order valence-electron chi connectivity index (χ1n) is 11.1. The summed E-state index contributed by atoms with van der Waals surface area (Å²) >= 11 is 6.33. The molecule has 1 aliphatic heterocycles. The van der Waals surface area contributed by atoms with Gasteiger partial charge in [0.25, 0.3) is 11.9 Å². The molecule has 1 aliphatic rings. The van der Waals surface area contributed by atoms with Crippen LogP contribution < -0.4 is 4.90 Å². The lowest BCUT2D eigenvalue weighted by Gasteiger charge is -2.24. The molecular formula is C25H27ClN8. The number of halogens is 1. The lowest BCUT2D eigenvalue weighted by molar-refractivity contribution is 0.643. The van der Waals surface area contributed by atoms with E-state index in [9.17, 15) is 0 Å². The van der Waals surface area contributed by atoms with Crippen molar-refractivity contribution < 1.29 is 0 Å². The molecule has 0 radical (unpaired) electrons. The second kappa shape index (κ2) is 7.77. The quantitative estimate of drug-likeness (QED) is 0.420. The molecule has 1 aromatic carbocycles. The summed E-state index contributed by atoms with van der Waals surface area (Å²) in [5.74, 6) is 1.44. The van der Waals surface area contributed by atoms with Gasteiger partial charge in [0, 0.05) is 46.3 Å². The molecule has 0 aliphatic carbocycles. The molecular weight excluding hydrogens is 448 g/mol. The predicted molar refractivity (Wildman–Crippen MR) is 134 cm³/mol. The topological polar surface area (TPSA) is 77.5 Å². The summed E-state index contributed by atoms with van der Waals surface area (Å²) in [6, 6.07) is 10.00. The SMILES string of the molecule is Cc1cc(C)n(-c2nc(C=C3N(C)c4ccc(Cl)cc4C3(C)C)nc(-n3nc(C)cc3C)n2)n1. The zero-order valence-electron chi connectivity index (χ0n) is 20.4. The van der Waals surface area contributed by atoms with Crippen LogP contribution in [0.25, 0.3) is 18.0 Å². The van der Waals surface area contributed by atoms with Gasteiger partial charge >= 0.3 is 0 Å². The van der Waals surface area contributed by atoms with Crippen molar-refractivity contribution in [3.63, 3.8) is 0 Å². The Bertz CT molecular complexity index is 1400. The smallest absolute Gasteiger partial charge is 0.256 e. The maximum absolute atomic E-state index is 6.33. The van der Waals surface area contributed by atoms with Gasteiger partial charge in [-0.1, -0.05) is 25.4 Å². The van der Waals surface area contributed by atoms with E-state index in [2.05, 4.69) is 42.1 Å². The summed E-state index contributed by atoms with van der Waals surface area (Å²) in [6.45, 7) is 12.2. The zero-order chi connectivity index (χ0) is 24.4. The van der Waals surface area contributed by atoms with E-state index in [0.717, 1.165) is 39.2 Å². The Morgan fingerprint density at radius 3 is 1.88 bits per heavy atom. The van der Waals surface area contributed by atoms with Gasteiger partial charge in [-0.3, -0.25) is 0 Å². The number of rotatable bonds is 3. The third-order valence-corrected chi connectivity index (χ3v) is 6.52. The summed E-state index contributed by atoms with van der Waals surface area (Å²) in [5, 5.41) is 9.90. The summed E-state index contributed by atoms with van der Waals surface area (Å²) in [5.41, 5.74) is 6.76. The number of hydrogen-bond acceptors (Lipinski definition) is 6. The summed E-state index contributed by atoms with van der Waals surface area (Å²) in [4.78, 5) is 16.5. The molecule has 0 spiro atoms. The van der Waals surface area contributed by atoms with Crippen molar-refractivity contribution >= 4 is 23.4 Å². The fraction of sp³-hybridized carbons (Fsp3) is 0.320. The zero-order valence-corrected chi connectivity index (χ0v) is 21.2. The van der Waals surface area contributed by atoms with Gasteiger partial charge < -0.3 is 4.90 Å². The van der Waals surface area contributed by atoms with Gasteiger partial charge in [-0.05, 0) is 63.6 Å². The second-order valence-corrected chi connectivity index (χ2v) is 9.78. The maximum atomic E-state index is 6.33. The molecule has 4 heterocycles. The first-order chi connectivity index (χ1) is 16.0. The second-order valence-electron chi connectivity index (χ2n) is 9.35. The van der Waals surface area contributed by atoms with Gasteiger partial charge in [-0.2, -0.15) is 25.1 Å². The Labute approximate surface area is 203 Å². The average molecular weight is 475 g/mol. The van der Waals surface area contributed by atoms with E-state index in [1.54, 1.807) is 9.36 Å². The first-order valence-corrected chi connectivity index (χ1v) is 11.5. The number of anilines is 1. The highest BCUT2D eigenvalue weighted by Crippen LogP contribution is 2.48. The molecule has 0 amide bonds. The number of aryl methyl sites for hydroxylation is 4. The van der Waals surface area contributed by atoms with Crippen LogP contribution in [0.5, 0.6) is 0 Å². The van der Waals surface area contributed by atoms with Crippen LogP contribution in [0.3, 0.4) is 0 Å². The standard InChI is InChI=1S/C25H27ClN8/c1-14-10-16(3)33(30-14)23-27-22(28-24(29-23)34-17(4)11-15(2)31-34)13-21-25(5,6)19-12-18(26)8-9-20(19)32(21)7/h8-13H,1-7H3. The molecule has 8 nitrogen and oxygen atoms in total. The highest BCUT2D eigenvalue weighted by atomic mass is 35.5. The first kappa shape index (κ1) is 22.3.